The van der Waals surface area contributed by atoms with Crippen LogP contribution in [0.4, 0.5) is 0 Å². The largest absolute Gasteiger partial charge is 0.343 e. The number of hydrogen-bond donors (Lipinski definition) is 0. The van der Waals surface area contributed by atoms with Crippen molar-refractivity contribution in [2.24, 2.45) is 0 Å². The van der Waals surface area contributed by atoms with Gasteiger partial charge in [-0.05, 0) is 31.9 Å². The Morgan fingerprint density at radius 3 is 2.25 bits per heavy atom. The third kappa shape index (κ3) is 4.00. The summed E-state index contributed by atoms with van der Waals surface area (Å²) in [6.45, 7) is 3.93. The zero-order chi connectivity index (χ0) is 20.5. The molecule has 154 valence electrons. The van der Waals surface area contributed by atoms with Gasteiger partial charge in [-0.15, -0.1) is 0 Å². The Morgan fingerprint density at radius 1 is 1.14 bits per heavy atom. The van der Waals surface area contributed by atoms with Crippen molar-refractivity contribution >= 4 is 27.0 Å². The first-order chi connectivity index (χ1) is 13.2. The molecule has 0 atom stereocenters. The molecule has 1 saturated heterocycles. The molecule has 0 radical (unpaired) electrons. The molecule has 1 aliphatic rings. The zero-order valence-corrected chi connectivity index (χ0v) is 17.5. The van der Waals surface area contributed by atoms with Gasteiger partial charge in [0.05, 0.1) is 17.3 Å². The summed E-state index contributed by atoms with van der Waals surface area (Å²) >= 11 is 0. The third-order valence-corrected chi connectivity index (χ3v) is 6.99. The standard InChI is InChI=1S/C19H28N4O4S/c1-4-22-16-7-5-6-8-17(16)23(19(22)25)14-11-18(24)21-12-9-15(10-13-21)20(2)28(3,26)27/h5-8,15H,4,9-14H2,1-3H3. The van der Waals surface area contributed by atoms with Crippen LogP contribution in [0.25, 0.3) is 11.0 Å². The molecule has 2 heterocycles. The average molecular weight is 409 g/mol. The molecule has 1 aromatic carbocycles. The predicted octanol–water partition coefficient (Wildman–Crippen LogP) is 1.10. The number of imidazole rings is 1. The van der Waals surface area contributed by atoms with Gasteiger partial charge in [0.25, 0.3) is 0 Å². The van der Waals surface area contributed by atoms with E-state index in [9.17, 15) is 18.0 Å². The van der Waals surface area contributed by atoms with Crippen molar-refractivity contribution in [2.75, 3.05) is 26.4 Å². The molecule has 8 nitrogen and oxygen atoms in total. The van der Waals surface area contributed by atoms with Crippen LogP contribution in [-0.2, 0) is 27.9 Å². The SMILES string of the molecule is CCn1c(=O)n(CCC(=O)N2CCC(N(C)S(C)(=O)=O)CC2)c2ccccc21. The van der Waals surface area contributed by atoms with Gasteiger partial charge < -0.3 is 4.90 Å². The molecular weight excluding hydrogens is 380 g/mol. The Hall–Kier alpha value is -2.13. The molecule has 1 aromatic heterocycles. The maximum absolute atomic E-state index is 12.7. The van der Waals surface area contributed by atoms with Gasteiger partial charge in [-0.25, -0.2) is 17.5 Å². The minimum Gasteiger partial charge on any atom is -0.343 e. The van der Waals surface area contributed by atoms with Crippen LogP contribution in [0.3, 0.4) is 0 Å². The lowest BCUT2D eigenvalue weighted by molar-refractivity contribution is -0.132. The summed E-state index contributed by atoms with van der Waals surface area (Å²) in [6, 6.07) is 7.55. The fourth-order valence-corrected chi connectivity index (χ4v) is 4.66. The highest BCUT2D eigenvalue weighted by Crippen LogP contribution is 2.19. The Bertz CT molecular complexity index is 1020. The number of sulfonamides is 1. The maximum atomic E-state index is 12.7. The minimum absolute atomic E-state index is 0.000637. The second-order valence-electron chi connectivity index (χ2n) is 7.31. The summed E-state index contributed by atoms with van der Waals surface area (Å²) in [5.74, 6) is 0.000637. The van der Waals surface area contributed by atoms with Gasteiger partial charge in [0.1, 0.15) is 0 Å². The van der Waals surface area contributed by atoms with E-state index < -0.39 is 10.0 Å². The summed E-state index contributed by atoms with van der Waals surface area (Å²) in [7, 11) is -1.63. The fraction of sp³-hybridized carbons (Fsp3) is 0.579. The molecule has 0 bridgehead atoms. The highest BCUT2D eigenvalue weighted by Gasteiger charge is 2.29. The number of piperidine rings is 1. The van der Waals surface area contributed by atoms with Crippen LogP contribution < -0.4 is 5.69 Å². The van der Waals surface area contributed by atoms with E-state index in [1.807, 2.05) is 31.2 Å². The van der Waals surface area contributed by atoms with Crippen molar-refractivity contribution in [3.05, 3.63) is 34.7 Å². The van der Waals surface area contributed by atoms with E-state index in [1.165, 1.54) is 10.6 Å². The van der Waals surface area contributed by atoms with Gasteiger partial charge in [0.15, 0.2) is 0 Å². The van der Waals surface area contributed by atoms with E-state index in [1.54, 1.807) is 21.1 Å². The molecule has 0 spiro atoms. The van der Waals surface area contributed by atoms with Crippen LogP contribution in [-0.4, -0.2) is 65.1 Å². The molecule has 2 aromatic rings. The van der Waals surface area contributed by atoms with Crippen molar-refractivity contribution in [1.82, 2.24) is 18.3 Å². The Labute approximate surface area is 165 Å². The smallest absolute Gasteiger partial charge is 0.329 e. The number of rotatable bonds is 6. The highest BCUT2D eigenvalue weighted by molar-refractivity contribution is 7.88. The summed E-state index contributed by atoms with van der Waals surface area (Å²) in [4.78, 5) is 27.1. The van der Waals surface area contributed by atoms with Crippen molar-refractivity contribution in [3.8, 4) is 0 Å². The molecule has 28 heavy (non-hydrogen) atoms. The lowest BCUT2D eigenvalue weighted by Crippen LogP contribution is -2.47. The monoisotopic (exact) mass is 408 g/mol. The summed E-state index contributed by atoms with van der Waals surface area (Å²) in [5.41, 5.74) is 1.63. The van der Waals surface area contributed by atoms with Gasteiger partial charge in [-0.3, -0.25) is 13.9 Å². The summed E-state index contributed by atoms with van der Waals surface area (Å²) in [6.07, 6.45) is 2.72. The van der Waals surface area contributed by atoms with Crippen LogP contribution in [0, 0.1) is 0 Å². The van der Waals surface area contributed by atoms with E-state index in [-0.39, 0.29) is 24.1 Å². The van der Waals surface area contributed by atoms with Crippen molar-refractivity contribution in [2.45, 2.75) is 45.3 Å². The van der Waals surface area contributed by atoms with Gasteiger partial charge in [-0.1, -0.05) is 12.1 Å². The highest BCUT2D eigenvalue weighted by atomic mass is 32.2. The van der Waals surface area contributed by atoms with Crippen LogP contribution >= 0.6 is 0 Å². The van der Waals surface area contributed by atoms with E-state index in [2.05, 4.69) is 0 Å². The number of benzene rings is 1. The van der Waals surface area contributed by atoms with E-state index in [4.69, 9.17) is 0 Å². The van der Waals surface area contributed by atoms with Gasteiger partial charge in [0, 0.05) is 45.7 Å². The van der Waals surface area contributed by atoms with Crippen LogP contribution in [0.1, 0.15) is 26.2 Å². The first-order valence-corrected chi connectivity index (χ1v) is 11.5. The first kappa shape index (κ1) is 20.6. The number of para-hydroxylation sites is 2. The van der Waals surface area contributed by atoms with Crippen molar-refractivity contribution < 1.29 is 13.2 Å². The van der Waals surface area contributed by atoms with E-state index in [0.29, 0.717) is 39.0 Å². The van der Waals surface area contributed by atoms with Gasteiger partial charge in [0.2, 0.25) is 15.9 Å². The van der Waals surface area contributed by atoms with Gasteiger partial charge in [-0.2, -0.15) is 0 Å². The molecule has 0 aliphatic carbocycles. The Morgan fingerprint density at radius 2 is 1.71 bits per heavy atom. The molecule has 1 fully saturated rings. The van der Waals surface area contributed by atoms with Crippen LogP contribution in [0.2, 0.25) is 0 Å². The van der Waals surface area contributed by atoms with Gasteiger partial charge >= 0.3 is 5.69 Å². The number of carbonyl (C=O) groups is 1. The topological polar surface area (TPSA) is 84.6 Å². The third-order valence-electron chi connectivity index (χ3n) is 5.65. The molecule has 0 N–H and O–H groups in total. The lowest BCUT2D eigenvalue weighted by Gasteiger charge is -2.35. The van der Waals surface area contributed by atoms with Crippen molar-refractivity contribution in [3.63, 3.8) is 0 Å². The fourth-order valence-electron chi connectivity index (χ4n) is 3.91. The van der Waals surface area contributed by atoms with E-state index in [0.717, 1.165) is 11.0 Å². The number of carbonyl (C=O) groups excluding carboxylic acids is 1. The van der Waals surface area contributed by atoms with Crippen molar-refractivity contribution in [1.29, 1.82) is 0 Å². The molecule has 1 amide bonds. The quantitative estimate of drug-likeness (QED) is 0.716. The number of aromatic nitrogens is 2. The minimum atomic E-state index is -3.22. The van der Waals surface area contributed by atoms with E-state index >= 15 is 0 Å². The summed E-state index contributed by atoms with van der Waals surface area (Å²) < 4.78 is 28.1. The normalized spacial score (nSPS) is 16.2. The number of amides is 1. The number of fused-ring (bicyclic) bond motifs is 1. The summed E-state index contributed by atoms with van der Waals surface area (Å²) in [5, 5.41) is 0. The average Bonchev–Trinajstić information content (AvgIpc) is 2.95. The number of aryl methyl sites for hydroxylation is 2. The molecule has 0 saturated carbocycles. The zero-order valence-electron chi connectivity index (χ0n) is 16.7. The number of likely N-dealkylation sites (tertiary alicyclic amines) is 1. The Balaban J connectivity index is 1.64. The lowest BCUT2D eigenvalue weighted by atomic mass is 10.1. The maximum Gasteiger partial charge on any atom is 0.329 e. The Kier molecular flexibility index (Phi) is 5.95. The molecule has 0 unspecified atom stereocenters. The molecule has 3 rings (SSSR count). The second kappa shape index (κ2) is 8.08. The predicted molar refractivity (Wildman–Crippen MR) is 109 cm³/mol. The first-order valence-electron chi connectivity index (χ1n) is 9.63. The van der Waals surface area contributed by atoms with Crippen LogP contribution in [0.15, 0.2) is 29.1 Å². The number of nitrogens with zero attached hydrogens (tertiary/aromatic N) is 4. The molecule has 1 aliphatic heterocycles. The van der Waals surface area contributed by atoms with Crippen LogP contribution in [0.5, 0.6) is 0 Å². The second-order valence-corrected chi connectivity index (χ2v) is 9.35. The molecule has 9 heteroatoms. The number of hydrogen-bond acceptors (Lipinski definition) is 4. The molecular formula is C19H28N4O4S.